The minimum atomic E-state index is -3.64. The summed E-state index contributed by atoms with van der Waals surface area (Å²) in [7, 11) is -2.10. The maximum atomic E-state index is 11.5. The molecule has 0 radical (unpaired) electrons. The molecular formula is C14H22N6O2S. The van der Waals surface area contributed by atoms with Crippen LogP contribution in [0.15, 0.2) is 12.4 Å². The summed E-state index contributed by atoms with van der Waals surface area (Å²) in [5, 5.41) is 9.52. The van der Waals surface area contributed by atoms with Crippen LogP contribution in [-0.2, 0) is 10.2 Å². The van der Waals surface area contributed by atoms with E-state index in [0.29, 0.717) is 0 Å². The predicted octanol–water partition coefficient (Wildman–Crippen LogP) is 0.450. The summed E-state index contributed by atoms with van der Waals surface area (Å²) in [5.41, 5.74) is 3.23. The van der Waals surface area contributed by atoms with Gasteiger partial charge in [-0.25, -0.2) is 14.6 Å². The molecule has 0 atom stereocenters. The van der Waals surface area contributed by atoms with Gasteiger partial charge in [0.05, 0.1) is 0 Å². The van der Waals surface area contributed by atoms with Crippen molar-refractivity contribution < 1.29 is 8.42 Å². The van der Waals surface area contributed by atoms with Crippen molar-refractivity contribution in [2.75, 3.05) is 25.0 Å². The molecule has 1 fully saturated rings. The SMILES string of the molecule is Cc1cc(C)n2ncnc(N3CCC(N(C)S(N)(=O)=O)CC3)c12. The Bertz CT molecular complexity index is 823. The second-order valence-corrected chi connectivity index (χ2v) is 7.70. The summed E-state index contributed by atoms with van der Waals surface area (Å²) in [5.74, 6) is 0.905. The predicted molar refractivity (Wildman–Crippen MR) is 88.6 cm³/mol. The van der Waals surface area contributed by atoms with Crippen LogP contribution in [0.4, 0.5) is 5.82 Å². The molecule has 9 heteroatoms. The summed E-state index contributed by atoms with van der Waals surface area (Å²) >= 11 is 0. The zero-order chi connectivity index (χ0) is 16.8. The van der Waals surface area contributed by atoms with Crippen molar-refractivity contribution in [2.24, 2.45) is 5.14 Å². The molecule has 0 bridgehead atoms. The minimum absolute atomic E-state index is 0.0614. The summed E-state index contributed by atoms with van der Waals surface area (Å²) in [6, 6.07) is 2.03. The smallest absolute Gasteiger partial charge is 0.276 e. The normalized spacial score (nSPS) is 17.3. The van der Waals surface area contributed by atoms with E-state index in [2.05, 4.69) is 28.0 Å². The van der Waals surface area contributed by atoms with E-state index in [0.717, 1.165) is 48.5 Å². The topological polar surface area (TPSA) is 96.8 Å². The number of piperidine rings is 1. The first-order valence-corrected chi connectivity index (χ1v) is 9.10. The van der Waals surface area contributed by atoms with E-state index in [1.165, 1.54) is 4.31 Å². The highest BCUT2D eigenvalue weighted by atomic mass is 32.2. The average Bonchev–Trinajstić information content (AvgIpc) is 2.81. The number of hydrogen-bond donors (Lipinski definition) is 1. The van der Waals surface area contributed by atoms with E-state index < -0.39 is 10.2 Å². The van der Waals surface area contributed by atoms with Crippen LogP contribution in [0.25, 0.3) is 5.52 Å². The maximum absolute atomic E-state index is 11.5. The lowest BCUT2D eigenvalue weighted by Crippen LogP contribution is -2.47. The molecule has 2 aromatic heterocycles. The molecule has 0 saturated carbocycles. The molecule has 0 unspecified atom stereocenters. The molecule has 1 aliphatic rings. The van der Waals surface area contributed by atoms with Gasteiger partial charge in [0.15, 0.2) is 5.82 Å². The number of hydrogen-bond acceptors (Lipinski definition) is 5. The molecule has 0 aliphatic carbocycles. The highest BCUT2D eigenvalue weighted by Crippen LogP contribution is 2.27. The number of rotatable bonds is 3. The molecule has 2 aromatic rings. The van der Waals surface area contributed by atoms with E-state index in [-0.39, 0.29) is 6.04 Å². The quantitative estimate of drug-likeness (QED) is 0.876. The second-order valence-electron chi connectivity index (χ2n) is 6.09. The van der Waals surface area contributed by atoms with Crippen LogP contribution in [-0.4, -0.2) is 53.5 Å². The van der Waals surface area contributed by atoms with Crippen molar-refractivity contribution >= 4 is 21.5 Å². The van der Waals surface area contributed by atoms with Gasteiger partial charge in [-0.05, 0) is 38.3 Å². The Kier molecular flexibility index (Phi) is 4.03. The molecule has 1 aliphatic heterocycles. The largest absolute Gasteiger partial charge is 0.355 e. The van der Waals surface area contributed by atoms with Crippen LogP contribution in [0.5, 0.6) is 0 Å². The number of aromatic nitrogens is 3. The van der Waals surface area contributed by atoms with Gasteiger partial charge < -0.3 is 4.90 Å². The Labute approximate surface area is 136 Å². The Morgan fingerprint density at radius 2 is 1.96 bits per heavy atom. The minimum Gasteiger partial charge on any atom is -0.355 e. The third kappa shape index (κ3) is 2.91. The van der Waals surface area contributed by atoms with E-state index in [9.17, 15) is 8.42 Å². The van der Waals surface area contributed by atoms with Gasteiger partial charge in [-0.2, -0.15) is 17.8 Å². The lowest BCUT2D eigenvalue weighted by atomic mass is 10.1. The Hall–Kier alpha value is -1.71. The lowest BCUT2D eigenvalue weighted by Gasteiger charge is -2.36. The molecule has 1 saturated heterocycles. The zero-order valence-corrected chi connectivity index (χ0v) is 14.4. The number of nitrogens with zero attached hydrogens (tertiary/aromatic N) is 5. The van der Waals surface area contributed by atoms with Crippen molar-refractivity contribution in [1.82, 2.24) is 18.9 Å². The van der Waals surface area contributed by atoms with Gasteiger partial charge in [0, 0.05) is 31.9 Å². The maximum Gasteiger partial charge on any atom is 0.276 e. The van der Waals surface area contributed by atoms with Crippen LogP contribution >= 0.6 is 0 Å². The van der Waals surface area contributed by atoms with Gasteiger partial charge in [0.25, 0.3) is 10.2 Å². The average molecular weight is 338 g/mol. The van der Waals surface area contributed by atoms with Gasteiger partial charge in [-0.15, -0.1) is 0 Å². The summed E-state index contributed by atoms with van der Waals surface area (Å²) in [6.45, 7) is 5.54. The molecular weight excluding hydrogens is 316 g/mol. The molecule has 0 aromatic carbocycles. The third-order valence-electron chi connectivity index (χ3n) is 4.58. The molecule has 3 rings (SSSR count). The van der Waals surface area contributed by atoms with Crippen LogP contribution in [0, 0.1) is 13.8 Å². The van der Waals surface area contributed by atoms with E-state index in [1.54, 1.807) is 13.4 Å². The molecule has 2 N–H and O–H groups in total. The van der Waals surface area contributed by atoms with Crippen molar-refractivity contribution in [3.63, 3.8) is 0 Å². The van der Waals surface area contributed by atoms with Crippen LogP contribution < -0.4 is 10.0 Å². The Morgan fingerprint density at radius 1 is 1.30 bits per heavy atom. The zero-order valence-electron chi connectivity index (χ0n) is 13.6. The number of nitrogens with two attached hydrogens (primary N) is 1. The molecule has 126 valence electrons. The monoisotopic (exact) mass is 338 g/mol. The Balaban J connectivity index is 1.84. The summed E-state index contributed by atoms with van der Waals surface area (Å²) in [6.07, 6.45) is 3.01. The van der Waals surface area contributed by atoms with Crippen molar-refractivity contribution in [3.8, 4) is 0 Å². The number of aryl methyl sites for hydroxylation is 2. The standard InChI is InChI=1S/C14H22N6O2S/c1-10-8-11(2)20-13(10)14(16-9-17-20)19-6-4-12(5-7-19)18(3)23(15,21)22/h8-9,12H,4-7H2,1-3H3,(H2,15,21,22). The van der Waals surface area contributed by atoms with Crippen LogP contribution in [0.2, 0.25) is 0 Å². The third-order valence-corrected chi connectivity index (χ3v) is 5.68. The fourth-order valence-electron chi connectivity index (χ4n) is 3.28. The second kappa shape index (κ2) is 5.73. The number of fused-ring (bicyclic) bond motifs is 1. The summed E-state index contributed by atoms with van der Waals surface area (Å²) < 4.78 is 26.1. The van der Waals surface area contributed by atoms with Crippen molar-refractivity contribution in [1.29, 1.82) is 0 Å². The lowest BCUT2D eigenvalue weighted by molar-refractivity contribution is 0.312. The first-order valence-electron chi connectivity index (χ1n) is 7.59. The van der Waals surface area contributed by atoms with Gasteiger partial charge in [-0.3, -0.25) is 0 Å². The first-order chi connectivity index (χ1) is 10.8. The molecule has 8 nitrogen and oxygen atoms in total. The fourth-order valence-corrected chi connectivity index (χ4v) is 3.91. The van der Waals surface area contributed by atoms with Gasteiger partial charge in [0.1, 0.15) is 11.8 Å². The van der Waals surface area contributed by atoms with Crippen LogP contribution in [0.3, 0.4) is 0 Å². The molecule has 23 heavy (non-hydrogen) atoms. The highest BCUT2D eigenvalue weighted by Gasteiger charge is 2.29. The summed E-state index contributed by atoms with van der Waals surface area (Å²) in [4.78, 5) is 6.65. The van der Waals surface area contributed by atoms with E-state index >= 15 is 0 Å². The van der Waals surface area contributed by atoms with E-state index in [4.69, 9.17) is 5.14 Å². The highest BCUT2D eigenvalue weighted by molar-refractivity contribution is 7.86. The number of anilines is 1. The van der Waals surface area contributed by atoms with Crippen molar-refractivity contribution in [2.45, 2.75) is 32.7 Å². The van der Waals surface area contributed by atoms with E-state index in [1.807, 2.05) is 11.4 Å². The van der Waals surface area contributed by atoms with Gasteiger partial charge in [-0.1, -0.05) is 0 Å². The molecule has 0 spiro atoms. The van der Waals surface area contributed by atoms with Gasteiger partial charge in [0.2, 0.25) is 0 Å². The Morgan fingerprint density at radius 3 is 2.57 bits per heavy atom. The molecule has 3 heterocycles. The van der Waals surface area contributed by atoms with Crippen LogP contribution in [0.1, 0.15) is 24.1 Å². The fraction of sp³-hybridized carbons (Fsp3) is 0.571. The first kappa shape index (κ1) is 16.2. The van der Waals surface area contributed by atoms with Gasteiger partial charge >= 0.3 is 0 Å². The molecule has 0 amide bonds. The van der Waals surface area contributed by atoms with Crippen molar-refractivity contribution in [3.05, 3.63) is 23.7 Å².